The van der Waals surface area contributed by atoms with Crippen LogP contribution in [0.1, 0.15) is 5.56 Å². The smallest absolute Gasteiger partial charge is 0.162 e. The van der Waals surface area contributed by atoms with Gasteiger partial charge in [0, 0.05) is 60.6 Å². The lowest BCUT2D eigenvalue weighted by Crippen LogP contribution is -2.46. The van der Waals surface area contributed by atoms with Crippen LogP contribution in [0.15, 0.2) is 77.6 Å². The molecular formula is C26H23N5S. The number of rotatable bonds is 4. The predicted octanol–water partition coefficient (Wildman–Crippen LogP) is 5.23. The van der Waals surface area contributed by atoms with Crippen LogP contribution >= 0.6 is 11.3 Å². The van der Waals surface area contributed by atoms with Gasteiger partial charge in [-0.25, -0.2) is 9.97 Å². The molecule has 158 valence electrons. The number of thiophene rings is 1. The van der Waals surface area contributed by atoms with Crippen molar-refractivity contribution in [2.24, 2.45) is 0 Å². The predicted molar refractivity (Wildman–Crippen MR) is 132 cm³/mol. The minimum absolute atomic E-state index is 0.809. The Labute approximate surface area is 191 Å². The molecule has 0 saturated carbocycles. The topological polar surface area (TPSA) is 45.2 Å². The molecular weight excluding hydrogens is 414 g/mol. The van der Waals surface area contributed by atoms with Crippen molar-refractivity contribution in [2.75, 3.05) is 31.1 Å². The standard InChI is InChI=1S/C26H23N5S/c1-2-9-23-22(8-1)26(29-25(28-23)21-10-16-32-18-21)31-14-12-30(13-15-31)17-20-6-3-5-19-7-4-11-27-24(19)20/h1-11,16,18H,12-15,17H2. The van der Waals surface area contributed by atoms with Crippen molar-refractivity contribution in [2.45, 2.75) is 6.54 Å². The van der Waals surface area contributed by atoms with Crippen LogP contribution in [0, 0.1) is 0 Å². The maximum absolute atomic E-state index is 5.01. The zero-order valence-corrected chi connectivity index (χ0v) is 18.5. The second kappa shape index (κ2) is 8.30. The van der Waals surface area contributed by atoms with Gasteiger partial charge >= 0.3 is 0 Å². The fourth-order valence-electron chi connectivity index (χ4n) is 4.48. The van der Waals surface area contributed by atoms with Gasteiger partial charge in [-0.05, 0) is 35.2 Å². The Kier molecular flexibility index (Phi) is 5.02. The van der Waals surface area contributed by atoms with Crippen LogP contribution in [0.3, 0.4) is 0 Å². The van der Waals surface area contributed by atoms with E-state index in [1.165, 1.54) is 10.9 Å². The van der Waals surface area contributed by atoms with Crippen molar-refractivity contribution in [1.29, 1.82) is 0 Å². The quantitative estimate of drug-likeness (QED) is 0.385. The lowest BCUT2D eigenvalue weighted by molar-refractivity contribution is 0.250. The van der Waals surface area contributed by atoms with Crippen LogP contribution in [-0.4, -0.2) is 46.0 Å². The summed E-state index contributed by atoms with van der Waals surface area (Å²) in [5.74, 6) is 1.85. The number of benzene rings is 2. The highest BCUT2D eigenvalue weighted by Gasteiger charge is 2.22. The van der Waals surface area contributed by atoms with Gasteiger partial charge in [-0.2, -0.15) is 11.3 Å². The first kappa shape index (κ1) is 19.3. The lowest BCUT2D eigenvalue weighted by Gasteiger charge is -2.36. The summed E-state index contributed by atoms with van der Waals surface area (Å²) >= 11 is 1.68. The minimum Gasteiger partial charge on any atom is -0.353 e. The summed E-state index contributed by atoms with van der Waals surface area (Å²) in [5, 5.41) is 6.52. The SMILES string of the molecule is c1cnc2c(CN3CCN(c4nc(-c5ccsc5)nc5ccccc45)CC3)cccc2c1. The molecule has 0 atom stereocenters. The van der Waals surface area contributed by atoms with Gasteiger partial charge in [0.1, 0.15) is 5.82 Å². The van der Waals surface area contributed by atoms with Crippen molar-refractivity contribution < 1.29 is 0 Å². The van der Waals surface area contributed by atoms with Crippen molar-refractivity contribution in [3.05, 3.63) is 83.2 Å². The summed E-state index contributed by atoms with van der Waals surface area (Å²) in [4.78, 5) is 19.4. The van der Waals surface area contributed by atoms with Crippen LogP contribution in [-0.2, 0) is 6.54 Å². The molecule has 32 heavy (non-hydrogen) atoms. The number of para-hydroxylation sites is 2. The number of hydrogen-bond donors (Lipinski definition) is 0. The Balaban J connectivity index is 1.25. The van der Waals surface area contributed by atoms with Gasteiger partial charge in [-0.3, -0.25) is 9.88 Å². The van der Waals surface area contributed by atoms with Gasteiger partial charge in [-0.15, -0.1) is 0 Å². The summed E-state index contributed by atoms with van der Waals surface area (Å²) < 4.78 is 0. The minimum atomic E-state index is 0.809. The third-order valence-corrected chi connectivity index (χ3v) is 6.83. The third kappa shape index (κ3) is 3.61. The molecule has 5 nitrogen and oxygen atoms in total. The van der Waals surface area contributed by atoms with Crippen LogP contribution < -0.4 is 4.90 Å². The average Bonchev–Trinajstić information content (AvgIpc) is 3.39. The molecule has 3 aromatic heterocycles. The zero-order valence-electron chi connectivity index (χ0n) is 17.7. The first-order valence-corrected chi connectivity index (χ1v) is 11.9. The van der Waals surface area contributed by atoms with Crippen LogP contribution in [0.5, 0.6) is 0 Å². The van der Waals surface area contributed by atoms with Gasteiger partial charge in [0.25, 0.3) is 0 Å². The number of piperazine rings is 1. The molecule has 0 amide bonds. The summed E-state index contributed by atoms with van der Waals surface area (Å²) in [6.07, 6.45) is 1.88. The zero-order chi connectivity index (χ0) is 21.3. The number of nitrogens with zero attached hydrogens (tertiary/aromatic N) is 5. The van der Waals surface area contributed by atoms with E-state index in [4.69, 9.17) is 9.97 Å². The number of aromatic nitrogens is 3. The largest absolute Gasteiger partial charge is 0.353 e. The fraction of sp³-hybridized carbons (Fsp3) is 0.192. The number of anilines is 1. The molecule has 6 heteroatoms. The second-order valence-corrected chi connectivity index (χ2v) is 8.94. The highest BCUT2D eigenvalue weighted by atomic mass is 32.1. The molecule has 6 rings (SSSR count). The van der Waals surface area contributed by atoms with Crippen molar-refractivity contribution in [3.63, 3.8) is 0 Å². The summed E-state index contributed by atoms with van der Waals surface area (Å²) in [6.45, 7) is 4.81. The fourth-order valence-corrected chi connectivity index (χ4v) is 5.11. The van der Waals surface area contributed by atoms with Crippen molar-refractivity contribution in [1.82, 2.24) is 19.9 Å². The average molecular weight is 438 g/mol. The first-order valence-electron chi connectivity index (χ1n) is 10.9. The van der Waals surface area contributed by atoms with E-state index in [1.807, 2.05) is 18.3 Å². The molecule has 2 aromatic carbocycles. The first-order chi connectivity index (χ1) is 15.8. The molecule has 0 spiro atoms. The van der Waals surface area contributed by atoms with E-state index in [0.29, 0.717) is 0 Å². The maximum atomic E-state index is 5.01. The molecule has 5 aromatic rings. The van der Waals surface area contributed by atoms with Crippen molar-refractivity contribution in [3.8, 4) is 11.4 Å². The van der Waals surface area contributed by atoms with Gasteiger partial charge in [-0.1, -0.05) is 36.4 Å². The van der Waals surface area contributed by atoms with E-state index in [0.717, 1.165) is 66.3 Å². The number of fused-ring (bicyclic) bond motifs is 2. The van der Waals surface area contributed by atoms with Crippen LogP contribution in [0.25, 0.3) is 33.2 Å². The van der Waals surface area contributed by atoms with E-state index in [-0.39, 0.29) is 0 Å². The second-order valence-electron chi connectivity index (χ2n) is 8.16. The van der Waals surface area contributed by atoms with Gasteiger partial charge < -0.3 is 4.90 Å². The molecule has 0 aliphatic carbocycles. The Bertz CT molecular complexity index is 1370. The number of pyridine rings is 1. The Morgan fingerprint density at radius 1 is 0.844 bits per heavy atom. The maximum Gasteiger partial charge on any atom is 0.162 e. The highest BCUT2D eigenvalue weighted by Crippen LogP contribution is 2.29. The van der Waals surface area contributed by atoms with Crippen LogP contribution in [0.2, 0.25) is 0 Å². The molecule has 4 heterocycles. The molecule has 0 unspecified atom stereocenters. The van der Waals surface area contributed by atoms with E-state index in [9.17, 15) is 0 Å². The lowest BCUT2D eigenvalue weighted by atomic mass is 10.1. The van der Waals surface area contributed by atoms with E-state index >= 15 is 0 Å². The van der Waals surface area contributed by atoms with E-state index in [1.54, 1.807) is 11.3 Å². The molecule has 1 fully saturated rings. The van der Waals surface area contributed by atoms with Gasteiger partial charge in [0.15, 0.2) is 5.82 Å². The third-order valence-electron chi connectivity index (χ3n) is 6.14. The Morgan fingerprint density at radius 2 is 1.72 bits per heavy atom. The van der Waals surface area contributed by atoms with E-state index in [2.05, 4.69) is 74.1 Å². The van der Waals surface area contributed by atoms with Gasteiger partial charge in [0.05, 0.1) is 11.0 Å². The normalized spacial score (nSPS) is 14.9. The molecule has 1 aliphatic heterocycles. The molecule has 0 N–H and O–H groups in total. The molecule has 0 bridgehead atoms. The van der Waals surface area contributed by atoms with Gasteiger partial charge in [0.2, 0.25) is 0 Å². The van der Waals surface area contributed by atoms with E-state index < -0.39 is 0 Å². The summed E-state index contributed by atoms with van der Waals surface area (Å²) in [7, 11) is 0. The number of hydrogen-bond acceptors (Lipinski definition) is 6. The molecule has 1 saturated heterocycles. The monoisotopic (exact) mass is 437 g/mol. The molecule has 0 radical (unpaired) electrons. The Hall–Kier alpha value is -3.35. The molecule has 1 aliphatic rings. The summed E-state index contributed by atoms with van der Waals surface area (Å²) in [5.41, 5.74) is 4.50. The highest BCUT2D eigenvalue weighted by molar-refractivity contribution is 7.08. The summed E-state index contributed by atoms with van der Waals surface area (Å²) in [6, 6.07) is 21.0. The Morgan fingerprint density at radius 3 is 2.59 bits per heavy atom. The van der Waals surface area contributed by atoms with Crippen LogP contribution in [0.4, 0.5) is 5.82 Å². The van der Waals surface area contributed by atoms with Crippen molar-refractivity contribution >= 4 is 39.0 Å².